The first kappa shape index (κ1) is 12.4. The number of pyridine rings is 1. The molecule has 20 heavy (non-hydrogen) atoms. The molecule has 4 aliphatic carbocycles. The zero-order valence-electron chi connectivity index (χ0n) is 11.9. The Morgan fingerprint density at radius 3 is 2.40 bits per heavy atom. The summed E-state index contributed by atoms with van der Waals surface area (Å²) in [7, 11) is 1.62. The van der Waals surface area contributed by atoms with Gasteiger partial charge in [0, 0.05) is 12.1 Å². The van der Waals surface area contributed by atoms with Crippen molar-refractivity contribution in [2.24, 2.45) is 29.6 Å². The Kier molecular flexibility index (Phi) is 2.83. The summed E-state index contributed by atoms with van der Waals surface area (Å²) in [5.74, 6) is 4.06. The molecule has 0 saturated heterocycles. The Balaban J connectivity index is 1.66. The van der Waals surface area contributed by atoms with Crippen molar-refractivity contribution in [1.29, 1.82) is 0 Å². The van der Waals surface area contributed by atoms with Gasteiger partial charge in [-0.15, -0.1) is 0 Å². The lowest BCUT2D eigenvalue weighted by molar-refractivity contribution is -0.0254. The molecule has 0 aromatic carbocycles. The van der Waals surface area contributed by atoms with E-state index < -0.39 is 0 Å². The minimum atomic E-state index is 0.201. The number of hydrogen-bond donors (Lipinski definition) is 0. The topological polar surface area (TPSA) is 39.2 Å². The lowest BCUT2D eigenvalue weighted by atomic mass is 9.51. The van der Waals surface area contributed by atoms with E-state index in [1.54, 1.807) is 13.3 Å². The lowest BCUT2D eigenvalue weighted by Gasteiger charge is -2.53. The second kappa shape index (κ2) is 4.57. The molecule has 0 spiro atoms. The number of ketones is 1. The lowest BCUT2D eigenvalue weighted by Crippen LogP contribution is -2.48. The van der Waals surface area contributed by atoms with Crippen LogP contribution in [0.15, 0.2) is 18.3 Å². The molecule has 0 unspecified atom stereocenters. The van der Waals surface area contributed by atoms with Crippen LogP contribution in [0.25, 0.3) is 0 Å². The number of methoxy groups -OCH3 is 1. The number of aromatic nitrogens is 1. The third-order valence-electron chi connectivity index (χ3n) is 5.75. The number of carbonyl (C=O) groups excluding carboxylic acids is 1. The van der Waals surface area contributed by atoms with Gasteiger partial charge < -0.3 is 4.74 Å². The summed E-state index contributed by atoms with van der Waals surface area (Å²) in [5.41, 5.74) is 0.549. The van der Waals surface area contributed by atoms with Crippen molar-refractivity contribution >= 4 is 5.78 Å². The zero-order chi connectivity index (χ0) is 13.7. The Bertz CT molecular complexity index is 512. The number of rotatable bonds is 3. The van der Waals surface area contributed by atoms with Gasteiger partial charge in [0.2, 0.25) is 0 Å². The van der Waals surface area contributed by atoms with Crippen molar-refractivity contribution < 1.29 is 9.53 Å². The number of hydrogen-bond acceptors (Lipinski definition) is 3. The summed E-state index contributed by atoms with van der Waals surface area (Å²) < 4.78 is 5.33. The van der Waals surface area contributed by atoms with Crippen molar-refractivity contribution in [2.45, 2.75) is 32.1 Å². The van der Waals surface area contributed by atoms with Crippen molar-refractivity contribution in [3.63, 3.8) is 0 Å². The van der Waals surface area contributed by atoms with Gasteiger partial charge in [0.1, 0.15) is 11.4 Å². The number of carbonyl (C=O) groups is 1. The van der Waals surface area contributed by atoms with Gasteiger partial charge in [-0.25, -0.2) is 4.98 Å². The molecule has 3 nitrogen and oxygen atoms in total. The monoisotopic (exact) mass is 271 g/mol. The maximum atomic E-state index is 13.0. The van der Waals surface area contributed by atoms with Crippen molar-refractivity contribution in [2.75, 3.05) is 7.11 Å². The minimum Gasteiger partial charge on any atom is -0.494 e. The number of nitrogens with zero attached hydrogens (tertiary/aromatic N) is 1. The normalized spacial score (nSPS) is 38.0. The Hall–Kier alpha value is -1.38. The van der Waals surface area contributed by atoms with Crippen LogP contribution >= 0.6 is 0 Å². The van der Waals surface area contributed by atoms with E-state index in [0.29, 0.717) is 23.3 Å². The van der Waals surface area contributed by atoms with Crippen LogP contribution in [-0.2, 0) is 0 Å². The van der Waals surface area contributed by atoms with Gasteiger partial charge >= 0.3 is 0 Å². The second-order valence-corrected chi connectivity index (χ2v) is 6.88. The standard InChI is InChI=1S/C17H21NO2/c1-20-14-3-2-4-18-16(14)17(19)15-12-6-10-5-11(8-12)9-13(15)7-10/h2-4,10-13,15H,5-9H2,1H3. The van der Waals surface area contributed by atoms with Gasteiger partial charge in [0.15, 0.2) is 5.78 Å². The van der Waals surface area contributed by atoms with E-state index in [4.69, 9.17) is 4.74 Å². The van der Waals surface area contributed by atoms with E-state index in [-0.39, 0.29) is 11.7 Å². The fraction of sp³-hybridized carbons (Fsp3) is 0.647. The van der Waals surface area contributed by atoms with Crippen molar-refractivity contribution in [3.8, 4) is 5.75 Å². The quantitative estimate of drug-likeness (QED) is 0.791. The molecular weight excluding hydrogens is 250 g/mol. The predicted molar refractivity (Wildman–Crippen MR) is 75.7 cm³/mol. The maximum absolute atomic E-state index is 13.0. The van der Waals surface area contributed by atoms with E-state index in [2.05, 4.69) is 4.98 Å². The van der Waals surface area contributed by atoms with Gasteiger partial charge in [0.25, 0.3) is 0 Å². The Labute approximate surface area is 119 Å². The number of ether oxygens (including phenoxy) is 1. The van der Waals surface area contributed by atoms with Crippen LogP contribution < -0.4 is 4.74 Å². The molecule has 0 N–H and O–H groups in total. The van der Waals surface area contributed by atoms with Gasteiger partial charge in [-0.2, -0.15) is 0 Å². The first-order valence-corrected chi connectivity index (χ1v) is 7.79. The number of Topliss-reactive ketones (excluding diaryl/α,β-unsaturated/α-hetero) is 1. The molecule has 0 atom stereocenters. The van der Waals surface area contributed by atoms with E-state index in [1.165, 1.54) is 32.1 Å². The molecule has 4 fully saturated rings. The summed E-state index contributed by atoms with van der Waals surface area (Å²) >= 11 is 0. The summed E-state index contributed by atoms with van der Waals surface area (Å²) in [6.07, 6.45) is 8.17. The van der Waals surface area contributed by atoms with Crippen LogP contribution in [0.4, 0.5) is 0 Å². The molecule has 1 aromatic rings. The van der Waals surface area contributed by atoms with E-state index in [0.717, 1.165) is 11.8 Å². The molecular formula is C17H21NO2. The molecule has 106 valence electrons. The van der Waals surface area contributed by atoms with Crippen LogP contribution in [-0.4, -0.2) is 17.9 Å². The second-order valence-electron chi connectivity index (χ2n) is 6.88. The van der Waals surface area contributed by atoms with Gasteiger partial charge in [-0.1, -0.05) is 0 Å². The highest BCUT2D eigenvalue weighted by molar-refractivity contribution is 5.99. The zero-order valence-corrected chi connectivity index (χ0v) is 11.9. The maximum Gasteiger partial charge on any atom is 0.188 e. The molecule has 4 bridgehead atoms. The first-order valence-electron chi connectivity index (χ1n) is 7.79. The summed E-state index contributed by atoms with van der Waals surface area (Å²) in [6, 6.07) is 3.67. The summed E-state index contributed by atoms with van der Waals surface area (Å²) in [5, 5.41) is 0. The SMILES string of the molecule is COc1cccnc1C(=O)C1C2CC3CC(C2)CC1C3. The highest BCUT2D eigenvalue weighted by Crippen LogP contribution is 2.57. The molecule has 4 saturated carbocycles. The molecule has 4 aliphatic rings. The van der Waals surface area contributed by atoms with Crippen LogP contribution in [0.2, 0.25) is 0 Å². The third kappa shape index (κ3) is 1.79. The molecule has 0 amide bonds. The third-order valence-corrected chi connectivity index (χ3v) is 5.75. The highest BCUT2D eigenvalue weighted by Gasteiger charge is 2.51. The van der Waals surface area contributed by atoms with Crippen LogP contribution in [0.5, 0.6) is 5.75 Å². The van der Waals surface area contributed by atoms with E-state index in [9.17, 15) is 4.79 Å². The molecule has 1 heterocycles. The molecule has 5 rings (SSSR count). The van der Waals surface area contributed by atoms with Crippen LogP contribution in [0.1, 0.15) is 42.6 Å². The molecule has 0 radical (unpaired) electrons. The van der Waals surface area contributed by atoms with Crippen molar-refractivity contribution in [3.05, 3.63) is 24.0 Å². The predicted octanol–water partition coefficient (Wildman–Crippen LogP) is 3.35. The highest BCUT2D eigenvalue weighted by atomic mass is 16.5. The Morgan fingerprint density at radius 1 is 1.15 bits per heavy atom. The smallest absolute Gasteiger partial charge is 0.188 e. The van der Waals surface area contributed by atoms with E-state index in [1.807, 2.05) is 12.1 Å². The van der Waals surface area contributed by atoms with Crippen LogP contribution in [0, 0.1) is 29.6 Å². The average molecular weight is 271 g/mol. The summed E-state index contributed by atoms with van der Waals surface area (Å²) in [6.45, 7) is 0. The van der Waals surface area contributed by atoms with Gasteiger partial charge in [0.05, 0.1) is 7.11 Å². The van der Waals surface area contributed by atoms with E-state index >= 15 is 0 Å². The molecule has 1 aromatic heterocycles. The van der Waals surface area contributed by atoms with Gasteiger partial charge in [-0.3, -0.25) is 4.79 Å². The largest absolute Gasteiger partial charge is 0.494 e. The fourth-order valence-electron chi connectivity index (χ4n) is 5.25. The van der Waals surface area contributed by atoms with Crippen LogP contribution in [0.3, 0.4) is 0 Å². The fourth-order valence-corrected chi connectivity index (χ4v) is 5.25. The Morgan fingerprint density at radius 2 is 1.80 bits per heavy atom. The minimum absolute atomic E-state index is 0.201. The van der Waals surface area contributed by atoms with Gasteiger partial charge in [-0.05, 0) is 67.9 Å². The molecule has 0 aliphatic heterocycles. The summed E-state index contributed by atoms with van der Waals surface area (Å²) in [4.78, 5) is 17.3. The molecule has 3 heteroatoms. The first-order chi connectivity index (χ1) is 9.76. The average Bonchev–Trinajstić information content (AvgIpc) is 2.46. The van der Waals surface area contributed by atoms with Crippen molar-refractivity contribution in [1.82, 2.24) is 4.98 Å².